The molecule has 4 aromatic carbocycles. The molecule has 1 aliphatic heterocycles. The van der Waals surface area contributed by atoms with Crippen LogP contribution in [0.15, 0.2) is 128 Å². The molecule has 0 spiro atoms. The van der Waals surface area contributed by atoms with Crippen LogP contribution >= 0.6 is 15.6 Å². The van der Waals surface area contributed by atoms with Gasteiger partial charge in [-0.05, 0) is 29.2 Å². The SMILES string of the molecule is CNc1nc(C)nc2c([C@H]3C[C@H](OP(=O)(OCc4ccccc4)OCc4ccccc4)[C@@H](COP(=O)(OCc4ccccc4)OCc4ccccc4)O3)cnn12. The van der Waals surface area contributed by atoms with Gasteiger partial charge in [0.25, 0.3) is 0 Å². The van der Waals surface area contributed by atoms with Crippen molar-refractivity contribution >= 4 is 27.2 Å². The summed E-state index contributed by atoms with van der Waals surface area (Å²) >= 11 is 0. The van der Waals surface area contributed by atoms with E-state index in [9.17, 15) is 9.13 Å². The van der Waals surface area contributed by atoms with E-state index in [1.165, 1.54) is 0 Å². The highest BCUT2D eigenvalue weighted by atomic mass is 31.2. The second kappa shape index (κ2) is 18.6. The van der Waals surface area contributed by atoms with Crippen LogP contribution in [-0.4, -0.2) is 45.4 Å². The Hall–Kier alpha value is -4.59. The summed E-state index contributed by atoms with van der Waals surface area (Å²) in [5.41, 5.74) is 4.24. The van der Waals surface area contributed by atoms with E-state index in [1.807, 2.05) is 121 Å². The van der Waals surface area contributed by atoms with Crippen molar-refractivity contribution < 1.29 is 41.0 Å². The van der Waals surface area contributed by atoms with Crippen LogP contribution in [-0.2, 0) is 67.4 Å². The van der Waals surface area contributed by atoms with E-state index >= 15 is 0 Å². The molecule has 1 fully saturated rings. The fraction of sp³-hybridized carbons (Fsp3) is 0.275. The molecule has 0 saturated carbocycles. The quantitative estimate of drug-likeness (QED) is 0.0777. The number of nitrogens with zero attached hydrogens (tertiary/aromatic N) is 4. The topological polar surface area (TPSA) is 154 Å². The second-order valence-electron chi connectivity index (χ2n) is 12.9. The predicted octanol–water partition coefficient (Wildman–Crippen LogP) is 8.79. The molecular weight excluding hydrogens is 756 g/mol. The fourth-order valence-electron chi connectivity index (χ4n) is 6.02. The van der Waals surface area contributed by atoms with Gasteiger partial charge >= 0.3 is 15.6 Å². The molecule has 0 amide bonds. The van der Waals surface area contributed by atoms with Crippen molar-refractivity contribution in [3.63, 3.8) is 0 Å². The molecule has 0 aliphatic carbocycles. The summed E-state index contributed by atoms with van der Waals surface area (Å²) in [4.78, 5) is 9.07. The van der Waals surface area contributed by atoms with Crippen molar-refractivity contribution in [2.75, 3.05) is 19.0 Å². The van der Waals surface area contributed by atoms with Crippen molar-refractivity contribution in [2.45, 2.75) is 58.1 Å². The van der Waals surface area contributed by atoms with Crippen molar-refractivity contribution in [1.29, 1.82) is 0 Å². The molecule has 0 bridgehead atoms. The first-order chi connectivity index (χ1) is 27.3. The van der Waals surface area contributed by atoms with Gasteiger partial charge in [0.2, 0.25) is 5.95 Å². The number of nitrogens with one attached hydrogen (secondary N) is 1. The second-order valence-corrected chi connectivity index (χ2v) is 16.2. The minimum Gasteiger partial charge on any atom is -0.365 e. The molecule has 1 N–H and O–H groups in total. The number of aromatic nitrogens is 4. The lowest BCUT2D eigenvalue weighted by molar-refractivity contribution is -0.0318. The van der Waals surface area contributed by atoms with Crippen LogP contribution < -0.4 is 5.32 Å². The highest BCUT2D eigenvalue weighted by Gasteiger charge is 2.45. The number of rotatable bonds is 19. The summed E-state index contributed by atoms with van der Waals surface area (Å²) in [7, 11) is -6.79. The summed E-state index contributed by atoms with van der Waals surface area (Å²) in [5.74, 6) is 1.01. The van der Waals surface area contributed by atoms with Crippen molar-refractivity contribution in [3.05, 3.63) is 161 Å². The van der Waals surface area contributed by atoms with E-state index < -0.39 is 34.0 Å². The minimum atomic E-state index is -4.30. The molecule has 1 aliphatic rings. The first-order valence-corrected chi connectivity index (χ1v) is 21.0. The van der Waals surface area contributed by atoms with Gasteiger partial charge in [-0.15, -0.1) is 0 Å². The van der Waals surface area contributed by atoms with E-state index in [-0.39, 0.29) is 39.5 Å². The first-order valence-electron chi connectivity index (χ1n) is 18.1. The Bertz CT molecular complexity index is 2160. The Morgan fingerprint density at radius 2 is 1.14 bits per heavy atom. The Kier molecular flexibility index (Phi) is 13.1. The third kappa shape index (κ3) is 10.4. The van der Waals surface area contributed by atoms with Gasteiger partial charge in [-0.1, -0.05) is 121 Å². The molecule has 0 radical (unpaired) electrons. The van der Waals surface area contributed by atoms with Crippen molar-refractivity contribution in [1.82, 2.24) is 19.6 Å². The molecule has 16 heteroatoms. The summed E-state index contributed by atoms with van der Waals surface area (Å²) in [6.07, 6.45) is -0.762. The lowest BCUT2D eigenvalue weighted by Gasteiger charge is -2.25. The van der Waals surface area contributed by atoms with Gasteiger partial charge in [-0.3, -0.25) is 27.1 Å². The van der Waals surface area contributed by atoms with E-state index in [0.29, 0.717) is 23.0 Å². The number of benzene rings is 4. The molecule has 3 heterocycles. The van der Waals surface area contributed by atoms with Crippen molar-refractivity contribution in [3.8, 4) is 0 Å². The fourth-order valence-corrected chi connectivity index (χ4v) is 8.55. The monoisotopic (exact) mass is 799 g/mol. The number of phosphoric acid groups is 2. The third-order valence-electron chi connectivity index (χ3n) is 8.87. The van der Waals surface area contributed by atoms with E-state index in [2.05, 4.69) is 20.4 Å². The predicted molar refractivity (Wildman–Crippen MR) is 208 cm³/mol. The lowest BCUT2D eigenvalue weighted by atomic mass is 10.1. The summed E-state index contributed by atoms with van der Waals surface area (Å²) in [6.45, 7) is 1.30. The zero-order valence-electron chi connectivity index (χ0n) is 31.0. The lowest BCUT2D eigenvalue weighted by Crippen LogP contribution is -2.29. The average molecular weight is 800 g/mol. The summed E-state index contributed by atoms with van der Waals surface area (Å²) in [6, 6.07) is 37.2. The van der Waals surface area contributed by atoms with Crippen LogP contribution in [0, 0.1) is 6.92 Å². The molecule has 3 atom stereocenters. The molecule has 6 aromatic rings. The Morgan fingerprint density at radius 1 is 0.679 bits per heavy atom. The van der Waals surface area contributed by atoms with Gasteiger partial charge in [0.15, 0.2) is 5.65 Å². The van der Waals surface area contributed by atoms with Crippen molar-refractivity contribution in [2.24, 2.45) is 0 Å². The largest absolute Gasteiger partial charge is 0.475 e. The average Bonchev–Trinajstić information content (AvgIpc) is 3.85. The molecule has 1 saturated heterocycles. The number of ether oxygens (including phenoxy) is 1. The van der Waals surface area contributed by atoms with E-state index in [0.717, 1.165) is 22.3 Å². The van der Waals surface area contributed by atoms with E-state index in [1.54, 1.807) is 24.7 Å². The van der Waals surface area contributed by atoms with Gasteiger partial charge in [0.05, 0.1) is 45.3 Å². The molecule has 292 valence electrons. The zero-order chi connectivity index (χ0) is 38.8. The highest BCUT2D eigenvalue weighted by molar-refractivity contribution is 7.48. The molecule has 56 heavy (non-hydrogen) atoms. The van der Waals surface area contributed by atoms with Crippen LogP contribution in [0.1, 0.15) is 46.2 Å². The normalized spacial score (nSPS) is 17.4. The number of anilines is 1. The number of fused-ring (bicyclic) bond motifs is 1. The first kappa shape index (κ1) is 39.6. The molecule has 14 nitrogen and oxygen atoms in total. The number of hydrogen-bond donors (Lipinski definition) is 1. The molecule has 7 rings (SSSR count). The summed E-state index contributed by atoms with van der Waals surface area (Å²) in [5, 5.41) is 7.54. The highest BCUT2D eigenvalue weighted by Crippen LogP contribution is 2.56. The number of aryl methyl sites for hydroxylation is 1. The Morgan fingerprint density at radius 3 is 1.61 bits per heavy atom. The van der Waals surface area contributed by atoms with Gasteiger partial charge < -0.3 is 10.1 Å². The van der Waals surface area contributed by atoms with E-state index in [4.69, 9.17) is 31.9 Å². The Labute approximate surface area is 325 Å². The van der Waals surface area contributed by atoms with Crippen LogP contribution in [0.4, 0.5) is 5.95 Å². The smallest absolute Gasteiger partial charge is 0.365 e. The number of hydrogen-bond acceptors (Lipinski definition) is 13. The maximum absolute atomic E-state index is 14.6. The molecular formula is C40H43N5O9P2. The van der Waals surface area contributed by atoms with Crippen LogP contribution in [0.5, 0.6) is 0 Å². The van der Waals surface area contributed by atoms with Crippen LogP contribution in [0.25, 0.3) is 5.65 Å². The van der Waals surface area contributed by atoms with Gasteiger partial charge in [-0.25, -0.2) is 14.1 Å². The zero-order valence-corrected chi connectivity index (χ0v) is 32.7. The standard InChI is InChI=1S/C40H43N5O9P2/c1-30-43-39-35(24-42-45(39)40(41-2)44-30)36-23-37(54-56(47,50-27-33-19-11-5-12-20-33)51-28-34-21-13-6-14-22-34)38(53-36)29-52-55(46,48-25-31-15-7-3-8-16-31)49-26-32-17-9-4-10-18-32/h3-22,24,36-38H,23,25-29H2,1-2H3,(H,41,43,44)/t36-,37+,38-/m1/s1. The van der Waals surface area contributed by atoms with Gasteiger partial charge in [0, 0.05) is 19.0 Å². The molecule has 2 aromatic heterocycles. The molecule has 0 unspecified atom stereocenters. The maximum atomic E-state index is 14.6. The van der Waals surface area contributed by atoms with Gasteiger partial charge in [-0.2, -0.15) is 14.6 Å². The minimum absolute atomic E-state index is 0.0356. The Balaban J connectivity index is 1.17. The third-order valence-corrected chi connectivity index (χ3v) is 11.6. The van der Waals surface area contributed by atoms with Gasteiger partial charge in [0.1, 0.15) is 18.0 Å². The number of phosphoric ester groups is 2. The summed E-state index contributed by atoms with van der Waals surface area (Å²) < 4.78 is 73.2. The van der Waals surface area contributed by atoms with Crippen LogP contribution in [0.2, 0.25) is 0 Å². The maximum Gasteiger partial charge on any atom is 0.475 e. The van der Waals surface area contributed by atoms with Crippen LogP contribution in [0.3, 0.4) is 0 Å².